The molecule has 1 unspecified atom stereocenters. The molecule has 0 fully saturated rings. The first-order valence-corrected chi connectivity index (χ1v) is 6.77. The fourth-order valence-corrected chi connectivity index (χ4v) is 2.01. The van der Waals surface area contributed by atoms with Gasteiger partial charge in [0.2, 0.25) is 5.91 Å². The molecular weight excluding hydrogens is 240 g/mol. The molecule has 0 saturated heterocycles. The van der Waals surface area contributed by atoms with Gasteiger partial charge in [0.1, 0.15) is 0 Å². The number of aliphatic hydroxyl groups excluding tert-OH is 1. The van der Waals surface area contributed by atoms with E-state index in [-0.39, 0.29) is 18.4 Å². The van der Waals surface area contributed by atoms with E-state index >= 15 is 0 Å². The Hall–Kier alpha value is -1.39. The largest absolute Gasteiger partial charge is 0.396 e. The summed E-state index contributed by atoms with van der Waals surface area (Å²) in [6, 6.07) is 7.52. The molecule has 19 heavy (non-hydrogen) atoms. The monoisotopic (exact) mass is 264 g/mol. The molecule has 0 bridgehead atoms. The summed E-state index contributed by atoms with van der Waals surface area (Å²) < 4.78 is 0. The van der Waals surface area contributed by atoms with Crippen LogP contribution in [-0.4, -0.2) is 24.2 Å². The predicted octanol–water partition coefficient (Wildman–Crippen LogP) is 1.78. The van der Waals surface area contributed by atoms with Crippen molar-refractivity contribution in [1.29, 1.82) is 0 Å². The summed E-state index contributed by atoms with van der Waals surface area (Å²) in [5.74, 6) is 0.287. The number of nitrogens with one attached hydrogen (secondary N) is 1. The van der Waals surface area contributed by atoms with Gasteiger partial charge in [-0.05, 0) is 36.5 Å². The number of carbonyl (C=O) groups is 1. The molecule has 4 N–H and O–H groups in total. The molecule has 1 aromatic rings. The van der Waals surface area contributed by atoms with Crippen LogP contribution >= 0.6 is 0 Å². The third kappa shape index (κ3) is 5.41. The third-order valence-corrected chi connectivity index (χ3v) is 3.03. The zero-order valence-electron chi connectivity index (χ0n) is 11.7. The Bertz CT molecular complexity index is 388. The molecule has 0 heterocycles. The van der Waals surface area contributed by atoms with Gasteiger partial charge in [0.25, 0.3) is 0 Å². The molecule has 0 aliphatic rings. The van der Waals surface area contributed by atoms with Gasteiger partial charge in [-0.15, -0.1) is 0 Å². The quantitative estimate of drug-likeness (QED) is 0.702. The van der Waals surface area contributed by atoms with Crippen molar-refractivity contribution >= 4 is 11.6 Å². The van der Waals surface area contributed by atoms with Gasteiger partial charge in [-0.25, -0.2) is 0 Å². The lowest BCUT2D eigenvalue weighted by molar-refractivity contribution is -0.120. The second-order valence-electron chi connectivity index (χ2n) is 5.22. The van der Waals surface area contributed by atoms with E-state index in [0.29, 0.717) is 18.9 Å². The van der Waals surface area contributed by atoms with E-state index in [2.05, 4.69) is 19.2 Å². The molecule has 1 rings (SSSR count). The normalized spacial score (nSPS) is 12.5. The Kier molecular flexibility index (Phi) is 6.53. The molecule has 0 spiro atoms. The zero-order chi connectivity index (χ0) is 14.3. The minimum absolute atomic E-state index is 0.0221. The highest BCUT2D eigenvalue weighted by molar-refractivity contribution is 5.92. The van der Waals surface area contributed by atoms with Gasteiger partial charge in [-0.2, -0.15) is 0 Å². The number of nitrogens with two attached hydrogens (primary N) is 1. The van der Waals surface area contributed by atoms with Crippen molar-refractivity contribution < 1.29 is 9.90 Å². The smallest absolute Gasteiger partial charge is 0.228 e. The van der Waals surface area contributed by atoms with Crippen LogP contribution in [0.4, 0.5) is 5.69 Å². The van der Waals surface area contributed by atoms with Crippen LogP contribution in [0, 0.1) is 11.8 Å². The van der Waals surface area contributed by atoms with Gasteiger partial charge in [-0.3, -0.25) is 4.79 Å². The first kappa shape index (κ1) is 15.7. The fraction of sp³-hybridized carbons (Fsp3) is 0.533. The van der Waals surface area contributed by atoms with E-state index < -0.39 is 0 Å². The topological polar surface area (TPSA) is 75.4 Å². The third-order valence-electron chi connectivity index (χ3n) is 3.03. The minimum Gasteiger partial charge on any atom is -0.396 e. The lowest BCUT2D eigenvalue weighted by atomic mass is 9.96. The number of hydrogen-bond acceptors (Lipinski definition) is 3. The molecule has 0 saturated carbocycles. The molecule has 106 valence electrons. The van der Waals surface area contributed by atoms with Crippen LogP contribution in [0.5, 0.6) is 0 Å². The maximum absolute atomic E-state index is 12.1. The van der Waals surface area contributed by atoms with E-state index in [1.165, 1.54) is 0 Å². The second-order valence-corrected chi connectivity index (χ2v) is 5.22. The fourth-order valence-electron chi connectivity index (χ4n) is 2.01. The van der Waals surface area contributed by atoms with E-state index in [1.807, 2.05) is 24.3 Å². The molecule has 0 aliphatic carbocycles. The van der Waals surface area contributed by atoms with Gasteiger partial charge in [0.05, 0.1) is 5.92 Å². The molecule has 4 nitrogen and oxygen atoms in total. The lowest BCUT2D eigenvalue weighted by Gasteiger charge is -2.16. The Morgan fingerprint density at radius 1 is 1.32 bits per heavy atom. The molecule has 0 radical (unpaired) electrons. The summed E-state index contributed by atoms with van der Waals surface area (Å²) in [6.07, 6.45) is 1.43. The van der Waals surface area contributed by atoms with E-state index in [4.69, 9.17) is 10.8 Å². The molecule has 0 aromatic heterocycles. The molecule has 0 aliphatic heterocycles. The van der Waals surface area contributed by atoms with Crippen molar-refractivity contribution in [2.75, 3.05) is 18.5 Å². The Morgan fingerprint density at radius 2 is 1.95 bits per heavy atom. The molecular formula is C15H24N2O2. The number of benzene rings is 1. The first-order valence-electron chi connectivity index (χ1n) is 6.77. The standard InChI is InChI=1S/C15H24N2O2/c1-11(2)9-13(10-16)15(19)17-14-5-3-12(4-6-14)7-8-18/h3-6,11,13,18H,7-10,16H2,1-2H3,(H,17,19). The summed E-state index contributed by atoms with van der Waals surface area (Å²) in [7, 11) is 0. The van der Waals surface area contributed by atoms with Crippen LogP contribution in [-0.2, 0) is 11.2 Å². The average molecular weight is 264 g/mol. The minimum atomic E-state index is -0.142. The number of rotatable bonds is 7. The average Bonchev–Trinajstić information content (AvgIpc) is 2.38. The summed E-state index contributed by atoms with van der Waals surface area (Å²) in [5.41, 5.74) is 7.48. The van der Waals surface area contributed by atoms with Gasteiger partial charge < -0.3 is 16.2 Å². The highest BCUT2D eigenvalue weighted by Crippen LogP contribution is 2.15. The Morgan fingerprint density at radius 3 is 2.42 bits per heavy atom. The van der Waals surface area contributed by atoms with Crippen molar-refractivity contribution in [2.45, 2.75) is 26.7 Å². The summed E-state index contributed by atoms with van der Waals surface area (Å²) in [6.45, 7) is 4.67. The van der Waals surface area contributed by atoms with E-state index in [1.54, 1.807) is 0 Å². The van der Waals surface area contributed by atoms with Crippen LogP contribution in [0.3, 0.4) is 0 Å². The SMILES string of the molecule is CC(C)CC(CN)C(=O)Nc1ccc(CCO)cc1. The van der Waals surface area contributed by atoms with Crippen LogP contribution < -0.4 is 11.1 Å². The van der Waals surface area contributed by atoms with Crippen LogP contribution in [0.2, 0.25) is 0 Å². The molecule has 1 amide bonds. The maximum Gasteiger partial charge on any atom is 0.228 e. The highest BCUT2D eigenvalue weighted by atomic mass is 16.2. The molecule has 4 heteroatoms. The number of anilines is 1. The second kappa shape index (κ2) is 7.92. The summed E-state index contributed by atoms with van der Waals surface area (Å²) in [5, 5.41) is 11.7. The zero-order valence-corrected chi connectivity index (χ0v) is 11.7. The van der Waals surface area contributed by atoms with Crippen molar-refractivity contribution in [2.24, 2.45) is 17.6 Å². The highest BCUT2D eigenvalue weighted by Gasteiger charge is 2.18. The maximum atomic E-state index is 12.1. The van der Waals surface area contributed by atoms with Crippen LogP contribution in [0.15, 0.2) is 24.3 Å². The lowest BCUT2D eigenvalue weighted by Crippen LogP contribution is -2.30. The number of aliphatic hydroxyl groups is 1. The van der Waals surface area contributed by atoms with Gasteiger partial charge in [0.15, 0.2) is 0 Å². The van der Waals surface area contributed by atoms with E-state index in [0.717, 1.165) is 17.7 Å². The van der Waals surface area contributed by atoms with Gasteiger partial charge in [0, 0.05) is 18.8 Å². The van der Waals surface area contributed by atoms with Crippen LogP contribution in [0.1, 0.15) is 25.8 Å². The van der Waals surface area contributed by atoms with Crippen molar-refractivity contribution in [3.63, 3.8) is 0 Å². The van der Waals surface area contributed by atoms with Gasteiger partial charge in [-0.1, -0.05) is 26.0 Å². The number of hydrogen-bond donors (Lipinski definition) is 3. The molecule has 1 aromatic carbocycles. The van der Waals surface area contributed by atoms with Crippen molar-refractivity contribution in [1.82, 2.24) is 0 Å². The number of amides is 1. The van der Waals surface area contributed by atoms with Crippen LogP contribution in [0.25, 0.3) is 0 Å². The first-order chi connectivity index (χ1) is 9.06. The predicted molar refractivity (Wildman–Crippen MR) is 77.9 cm³/mol. The summed E-state index contributed by atoms with van der Waals surface area (Å²) >= 11 is 0. The summed E-state index contributed by atoms with van der Waals surface area (Å²) in [4.78, 5) is 12.1. The molecule has 1 atom stereocenters. The van der Waals surface area contributed by atoms with Gasteiger partial charge >= 0.3 is 0 Å². The van der Waals surface area contributed by atoms with E-state index in [9.17, 15) is 4.79 Å². The van der Waals surface area contributed by atoms with Crippen molar-refractivity contribution in [3.8, 4) is 0 Å². The number of carbonyl (C=O) groups excluding carboxylic acids is 1. The Labute approximate surface area is 115 Å². The Balaban J connectivity index is 2.59. The van der Waals surface area contributed by atoms with Crippen molar-refractivity contribution in [3.05, 3.63) is 29.8 Å².